The second-order valence-electron chi connectivity index (χ2n) is 4.63. The minimum Gasteiger partial charge on any atom is -0.466 e. The van der Waals surface area contributed by atoms with Crippen LogP contribution in [0.3, 0.4) is 0 Å². The maximum absolute atomic E-state index is 12.6. The molecule has 1 heterocycles. The zero-order valence-corrected chi connectivity index (χ0v) is 12.2. The highest BCUT2D eigenvalue weighted by molar-refractivity contribution is 6.16. The molecule has 0 fully saturated rings. The van der Waals surface area contributed by atoms with Gasteiger partial charge in [0.25, 0.3) is 0 Å². The molecule has 0 radical (unpaired) electrons. The van der Waals surface area contributed by atoms with E-state index in [0.29, 0.717) is 5.56 Å². The van der Waals surface area contributed by atoms with Gasteiger partial charge in [0.15, 0.2) is 11.5 Å². The summed E-state index contributed by atoms with van der Waals surface area (Å²) in [6.07, 6.45) is 1.04. The van der Waals surface area contributed by atoms with Gasteiger partial charge in [0.05, 0.1) is 25.2 Å². The summed E-state index contributed by atoms with van der Waals surface area (Å²) < 4.78 is 9.90. The molecule has 0 saturated carbocycles. The second-order valence-corrected chi connectivity index (χ2v) is 4.63. The number of hydrogen-bond donors (Lipinski definition) is 0. The first-order valence-corrected chi connectivity index (χ1v) is 6.96. The number of ether oxygens (including phenoxy) is 1. The number of carbonyl (C=O) groups excluding carboxylic acids is 3. The summed E-state index contributed by atoms with van der Waals surface area (Å²) >= 11 is 0. The third-order valence-electron chi connectivity index (χ3n) is 3.13. The number of rotatable bonds is 7. The molecule has 0 saturated heterocycles. The first-order valence-electron chi connectivity index (χ1n) is 6.96. The van der Waals surface area contributed by atoms with Crippen LogP contribution in [0.5, 0.6) is 0 Å². The van der Waals surface area contributed by atoms with Crippen LogP contribution in [0.4, 0.5) is 0 Å². The summed E-state index contributed by atoms with van der Waals surface area (Å²) in [6, 6.07) is 11.4. The summed E-state index contributed by atoms with van der Waals surface area (Å²) in [6.45, 7) is 1.86. The summed E-state index contributed by atoms with van der Waals surface area (Å²) in [4.78, 5) is 36.7. The van der Waals surface area contributed by atoms with E-state index < -0.39 is 23.5 Å². The molecule has 0 amide bonds. The summed E-state index contributed by atoms with van der Waals surface area (Å²) in [5.41, 5.74) is 0.372. The van der Waals surface area contributed by atoms with Gasteiger partial charge >= 0.3 is 5.97 Å². The highest BCUT2D eigenvalue weighted by atomic mass is 16.5. The van der Waals surface area contributed by atoms with Gasteiger partial charge in [-0.1, -0.05) is 30.3 Å². The van der Waals surface area contributed by atoms with Crippen LogP contribution in [-0.2, 0) is 9.53 Å². The Morgan fingerprint density at radius 2 is 1.77 bits per heavy atom. The van der Waals surface area contributed by atoms with Crippen molar-refractivity contribution in [3.63, 3.8) is 0 Å². The molecule has 1 aromatic heterocycles. The maximum Gasteiger partial charge on any atom is 0.306 e. The van der Waals surface area contributed by atoms with Gasteiger partial charge in [-0.2, -0.15) is 0 Å². The van der Waals surface area contributed by atoms with Crippen molar-refractivity contribution < 1.29 is 23.5 Å². The van der Waals surface area contributed by atoms with Gasteiger partial charge in [0, 0.05) is 5.56 Å². The molecule has 2 aromatic rings. The second kappa shape index (κ2) is 7.36. The van der Waals surface area contributed by atoms with Crippen LogP contribution in [0, 0.1) is 5.92 Å². The van der Waals surface area contributed by atoms with E-state index in [1.165, 1.54) is 12.3 Å². The van der Waals surface area contributed by atoms with Crippen molar-refractivity contribution in [3.05, 3.63) is 60.1 Å². The lowest BCUT2D eigenvalue weighted by atomic mass is 9.89. The minimum atomic E-state index is -1.15. The predicted molar refractivity (Wildman–Crippen MR) is 78.6 cm³/mol. The fraction of sp³-hybridized carbons (Fsp3) is 0.235. The van der Waals surface area contributed by atoms with Crippen molar-refractivity contribution in [3.8, 4) is 0 Å². The molecule has 5 nitrogen and oxygen atoms in total. The number of Topliss-reactive ketones (excluding diaryl/α,β-unsaturated/α-hetero) is 2. The van der Waals surface area contributed by atoms with Crippen molar-refractivity contribution in [1.29, 1.82) is 0 Å². The van der Waals surface area contributed by atoms with E-state index in [-0.39, 0.29) is 18.8 Å². The predicted octanol–water partition coefficient (Wildman–Crippen LogP) is 2.91. The summed E-state index contributed by atoms with van der Waals surface area (Å²) in [7, 11) is 0. The monoisotopic (exact) mass is 300 g/mol. The molecule has 1 aromatic carbocycles. The molecule has 2 rings (SSSR count). The third-order valence-corrected chi connectivity index (χ3v) is 3.13. The Labute approximate surface area is 127 Å². The lowest BCUT2D eigenvalue weighted by Crippen LogP contribution is -2.27. The van der Waals surface area contributed by atoms with Crippen molar-refractivity contribution >= 4 is 17.5 Å². The molecule has 0 N–H and O–H groups in total. The lowest BCUT2D eigenvalue weighted by molar-refractivity contribution is -0.143. The normalized spacial score (nSPS) is 11.7. The van der Waals surface area contributed by atoms with Crippen LogP contribution in [-0.4, -0.2) is 24.1 Å². The minimum absolute atomic E-state index is 0.0542. The number of ketones is 2. The number of hydrogen-bond acceptors (Lipinski definition) is 5. The van der Waals surface area contributed by atoms with Crippen molar-refractivity contribution in [1.82, 2.24) is 0 Å². The molecule has 114 valence electrons. The molecule has 1 atom stereocenters. The Kier molecular flexibility index (Phi) is 5.25. The van der Waals surface area contributed by atoms with E-state index in [1.807, 2.05) is 0 Å². The van der Waals surface area contributed by atoms with Crippen LogP contribution in [0.1, 0.15) is 34.3 Å². The molecule has 1 unspecified atom stereocenters. The highest BCUT2D eigenvalue weighted by Gasteiger charge is 2.32. The van der Waals surface area contributed by atoms with Gasteiger partial charge in [-0.15, -0.1) is 0 Å². The topological polar surface area (TPSA) is 73.6 Å². The zero-order chi connectivity index (χ0) is 15.9. The van der Waals surface area contributed by atoms with Crippen LogP contribution in [0.15, 0.2) is 53.1 Å². The molecule has 22 heavy (non-hydrogen) atoms. The van der Waals surface area contributed by atoms with Gasteiger partial charge in [-0.25, -0.2) is 0 Å². The standard InChI is InChI=1S/C17H16O5/c1-2-21-15(18)11-13(17(20)14-9-6-10-22-14)16(19)12-7-4-3-5-8-12/h3-10,13H,2,11H2,1H3. The van der Waals surface area contributed by atoms with Gasteiger partial charge in [-0.3, -0.25) is 14.4 Å². The Hall–Kier alpha value is -2.69. The quantitative estimate of drug-likeness (QED) is 0.446. The van der Waals surface area contributed by atoms with Crippen LogP contribution < -0.4 is 0 Å². The molecule has 0 spiro atoms. The Balaban J connectivity index is 2.27. The molecule has 0 aliphatic heterocycles. The van der Waals surface area contributed by atoms with Gasteiger partial charge in [0.1, 0.15) is 0 Å². The Morgan fingerprint density at radius 3 is 2.36 bits per heavy atom. The Morgan fingerprint density at radius 1 is 1.05 bits per heavy atom. The number of esters is 1. The van der Waals surface area contributed by atoms with Gasteiger partial charge in [0.2, 0.25) is 5.78 Å². The zero-order valence-electron chi connectivity index (χ0n) is 12.2. The van der Waals surface area contributed by atoms with Crippen LogP contribution in [0.2, 0.25) is 0 Å². The van der Waals surface area contributed by atoms with Crippen molar-refractivity contribution in [2.45, 2.75) is 13.3 Å². The maximum atomic E-state index is 12.6. The largest absolute Gasteiger partial charge is 0.466 e. The molecular weight excluding hydrogens is 284 g/mol. The number of benzene rings is 1. The van der Waals surface area contributed by atoms with Gasteiger partial charge in [-0.05, 0) is 19.1 Å². The average molecular weight is 300 g/mol. The molecule has 0 bridgehead atoms. The summed E-state index contributed by atoms with van der Waals surface area (Å²) in [5.74, 6) is -2.62. The fourth-order valence-corrected chi connectivity index (χ4v) is 2.09. The molecule has 0 aliphatic carbocycles. The Bertz CT molecular complexity index is 643. The number of furan rings is 1. The SMILES string of the molecule is CCOC(=O)CC(C(=O)c1ccccc1)C(=O)c1ccco1. The third kappa shape index (κ3) is 3.69. The average Bonchev–Trinajstić information content (AvgIpc) is 3.07. The van der Waals surface area contributed by atoms with E-state index >= 15 is 0 Å². The first kappa shape index (κ1) is 15.7. The van der Waals surface area contributed by atoms with Crippen molar-refractivity contribution in [2.24, 2.45) is 5.92 Å². The lowest BCUT2D eigenvalue weighted by Gasteiger charge is -2.13. The first-order chi connectivity index (χ1) is 10.6. The molecule has 5 heteroatoms. The fourth-order valence-electron chi connectivity index (χ4n) is 2.09. The van der Waals surface area contributed by atoms with E-state index in [2.05, 4.69) is 0 Å². The van der Waals surface area contributed by atoms with E-state index in [0.717, 1.165) is 0 Å². The van der Waals surface area contributed by atoms with Crippen LogP contribution >= 0.6 is 0 Å². The summed E-state index contributed by atoms with van der Waals surface area (Å²) in [5, 5.41) is 0. The number of carbonyl (C=O) groups is 3. The van der Waals surface area contributed by atoms with E-state index in [1.54, 1.807) is 43.3 Å². The molecular formula is C17H16O5. The van der Waals surface area contributed by atoms with E-state index in [4.69, 9.17) is 9.15 Å². The smallest absolute Gasteiger partial charge is 0.306 e. The van der Waals surface area contributed by atoms with Gasteiger partial charge < -0.3 is 9.15 Å². The van der Waals surface area contributed by atoms with Crippen LogP contribution in [0.25, 0.3) is 0 Å². The highest BCUT2D eigenvalue weighted by Crippen LogP contribution is 2.19. The van der Waals surface area contributed by atoms with E-state index in [9.17, 15) is 14.4 Å². The van der Waals surface area contributed by atoms with Crippen molar-refractivity contribution in [2.75, 3.05) is 6.61 Å². The molecule has 0 aliphatic rings.